The lowest BCUT2D eigenvalue weighted by Crippen LogP contribution is -2.18. The van der Waals surface area contributed by atoms with Crippen LogP contribution in [0.4, 0.5) is 0 Å². The average Bonchev–Trinajstić information content (AvgIpc) is 2.83. The minimum Gasteiger partial charge on any atom is -0.494 e. The van der Waals surface area contributed by atoms with Gasteiger partial charge in [0.15, 0.2) is 0 Å². The number of amides is 1. The number of nitrogens with one attached hydrogen (secondary N) is 1. The van der Waals surface area contributed by atoms with Crippen LogP contribution < -0.4 is 14.9 Å². The molecular formula is C26H26Cl2N2O4. The molecule has 0 aliphatic heterocycles. The monoisotopic (exact) mass is 500 g/mol. The number of aliphatic hydroxyl groups excluding tert-OH is 1. The molecule has 1 amide bonds. The Kier molecular flexibility index (Phi) is 9.76. The first kappa shape index (κ1) is 25.6. The zero-order valence-electron chi connectivity index (χ0n) is 18.7. The van der Waals surface area contributed by atoms with Crippen LogP contribution in [0.3, 0.4) is 0 Å². The van der Waals surface area contributed by atoms with Crippen molar-refractivity contribution < 1.29 is 19.4 Å². The van der Waals surface area contributed by atoms with E-state index in [4.69, 9.17) is 32.7 Å². The summed E-state index contributed by atoms with van der Waals surface area (Å²) in [4.78, 5) is 12.0. The summed E-state index contributed by atoms with van der Waals surface area (Å²) < 4.78 is 11.1. The van der Waals surface area contributed by atoms with Crippen LogP contribution in [0.2, 0.25) is 10.0 Å². The third-order valence-corrected chi connectivity index (χ3v) is 5.50. The number of hydrogen-bond acceptors (Lipinski definition) is 5. The van der Waals surface area contributed by atoms with Gasteiger partial charge in [0.05, 0.1) is 18.9 Å². The summed E-state index contributed by atoms with van der Waals surface area (Å²) in [6, 6.07) is 19.7. The normalized spacial score (nSPS) is 11.9. The van der Waals surface area contributed by atoms with Gasteiger partial charge in [0.1, 0.15) is 18.1 Å². The zero-order chi connectivity index (χ0) is 24.3. The Balaban J connectivity index is 1.40. The number of carbonyl (C=O) groups excluding carboxylic acids is 1. The molecule has 3 aromatic rings. The zero-order valence-corrected chi connectivity index (χ0v) is 20.2. The van der Waals surface area contributed by atoms with Gasteiger partial charge in [-0.2, -0.15) is 5.10 Å². The van der Waals surface area contributed by atoms with Crippen LogP contribution in [0, 0.1) is 0 Å². The van der Waals surface area contributed by atoms with Gasteiger partial charge in [-0.3, -0.25) is 4.79 Å². The fourth-order valence-electron chi connectivity index (χ4n) is 3.07. The van der Waals surface area contributed by atoms with Gasteiger partial charge in [0.2, 0.25) is 5.91 Å². The Morgan fingerprint density at radius 2 is 1.71 bits per heavy atom. The van der Waals surface area contributed by atoms with Crippen LogP contribution in [-0.2, 0) is 11.4 Å². The molecule has 0 saturated heterocycles. The molecule has 1 atom stereocenters. The van der Waals surface area contributed by atoms with E-state index in [2.05, 4.69) is 10.5 Å². The van der Waals surface area contributed by atoms with Crippen LogP contribution >= 0.6 is 23.2 Å². The van der Waals surface area contributed by atoms with E-state index in [0.29, 0.717) is 35.4 Å². The second kappa shape index (κ2) is 13.0. The summed E-state index contributed by atoms with van der Waals surface area (Å²) >= 11 is 12.1. The molecule has 0 spiro atoms. The molecule has 0 heterocycles. The van der Waals surface area contributed by atoms with Crippen molar-refractivity contribution in [2.75, 3.05) is 6.61 Å². The molecule has 6 nitrogen and oxygen atoms in total. The van der Waals surface area contributed by atoms with Crippen LogP contribution in [-0.4, -0.2) is 23.8 Å². The van der Waals surface area contributed by atoms with E-state index in [1.54, 1.807) is 54.7 Å². The molecule has 34 heavy (non-hydrogen) atoms. The summed E-state index contributed by atoms with van der Waals surface area (Å²) in [7, 11) is 0. The fourth-order valence-corrected chi connectivity index (χ4v) is 3.54. The summed E-state index contributed by atoms with van der Waals surface area (Å²) in [6.45, 7) is 2.82. The lowest BCUT2D eigenvalue weighted by Gasteiger charge is -2.11. The van der Waals surface area contributed by atoms with E-state index >= 15 is 0 Å². The van der Waals surface area contributed by atoms with E-state index < -0.39 is 6.10 Å². The lowest BCUT2D eigenvalue weighted by atomic mass is 10.0. The number of hydrogen-bond donors (Lipinski definition) is 2. The molecular weight excluding hydrogens is 475 g/mol. The molecule has 2 N–H and O–H groups in total. The molecule has 178 valence electrons. The minimum absolute atomic E-state index is 0.145. The number of rotatable bonds is 11. The van der Waals surface area contributed by atoms with Crippen molar-refractivity contribution in [2.45, 2.75) is 32.5 Å². The third-order valence-electron chi connectivity index (χ3n) is 4.91. The maximum atomic E-state index is 12.0. The van der Waals surface area contributed by atoms with Gasteiger partial charge in [0.25, 0.3) is 0 Å². The molecule has 0 bridgehead atoms. The van der Waals surface area contributed by atoms with Gasteiger partial charge in [-0.25, -0.2) is 5.43 Å². The highest BCUT2D eigenvalue weighted by Gasteiger charge is 2.10. The predicted molar refractivity (Wildman–Crippen MR) is 135 cm³/mol. The van der Waals surface area contributed by atoms with Gasteiger partial charge in [-0.15, -0.1) is 0 Å². The number of carbonyl (C=O) groups is 1. The molecule has 0 unspecified atom stereocenters. The van der Waals surface area contributed by atoms with Crippen molar-refractivity contribution in [3.05, 3.63) is 93.5 Å². The first-order chi connectivity index (χ1) is 16.4. The lowest BCUT2D eigenvalue weighted by molar-refractivity contribution is -0.121. The molecule has 8 heteroatoms. The van der Waals surface area contributed by atoms with E-state index in [1.807, 2.05) is 25.1 Å². The Hall–Kier alpha value is -3.06. The quantitative estimate of drug-likeness (QED) is 0.252. The highest BCUT2D eigenvalue weighted by Crippen LogP contribution is 2.23. The summed E-state index contributed by atoms with van der Waals surface area (Å²) in [5.74, 6) is 1.15. The average molecular weight is 501 g/mol. The van der Waals surface area contributed by atoms with Gasteiger partial charge in [-0.1, -0.05) is 41.4 Å². The molecule has 0 fully saturated rings. The maximum Gasteiger partial charge on any atom is 0.240 e. The number of aliphatic hydroxyl groups is 1. The highest BCUT2D eigenvalue weighted by molar-refractivity contribution is 6.35. The Morgan fingerprint density at radius 3 is 2.38 bits per heavy atom. The van der Waals surface area contributed by atoms with Crippen LogP contribution in [0.1, 0.15) is 42.6 Å². The summed E-state index contributed by atoms with van der Waals surface area (Å²) in [6.07, 6.45) is 1.24. The SMILES string of the molecule is CCOc1ccc([C@H](O)CCC(=O)N/N=C\c2ccc(OCc3ccc(Cl)cc3Cl)cc2)cc1. The first-order valence-electron chi connectivity index (χ1n) is 10.8. The minimum atomic E-state index is -0.735. The Morgan fingerprint density at radius 1 is 1.03 bits per heavy atom. The molecule has 3 aromatic carbocycles. The largest absolute Gasteiger partial charge is 0.494 e. The molecule has 0 aliphatic carbocycles. The molecule has 0 aliphatic rings. The number of nitrogens with zero attached hydrogens (tertiary/aromatic N) is 1. The molecule has 0 saturated carbocycles. The van der Waals surface area contributed by atoms with Crippen LogP contribution in [0.15, 0.2) is 71.8 Å². The number of hydrazone groups is 1. The first-order valence-corrected chi connectivity index (χ1v) is 11.6. The van der Waals surface area contributed by atoms with Crippen molar-refractivity contribution in [2.24, 2.45) is 5.10 Å². The van der Waals surface area contributed by atoms with E-state index in [9.17, 15) is 9.90 Å². The fraction of sp³-hybridized carbons (Fsp3) is 0.231. The van der Waals surface area contributed by atoms with Crippen LogP contribution in [0.5, 0.6) is 11.5 Å². The Bertz CT molecular complexity index is 1100. The molecule has 0 radical (unpaired) electrons. The van der Waals surface area contributed by atoms with Crippen molar-refractivity contribution in [3.8, 4) is 11.5 Å². The third kappa shape index (κ3) is 8.06. The summed E-state index contributed by atoms with van der Waals surface area (Å²) in [5, 5.41) is 15.4. The van der Waals surface area contributed by atoms with Gasteiger partial charge >= 0.3 is 0 Å². The molecule has 3 rings (SSSR count). The van der Waals surface area contributed by atoms with Gasteiger partial charge in [-0.05, 0) is 73.0 Å². The van der Waals surface area contributed by atoms with E-state index in [-0.39, 0.29) is 12.3 Å². The van der Waals surface area contributed by atoms with Crippen molar-refractivity contribution in [1.82, 2.24) is 5.43 Å². The topological polar surface area (TPSA) is 80.2 Å². The Labute approximate surface area is 209 Å². The van der Waals surface area contributed by atoms with Gasteiger partial charge < -0.3 is 14.6 Å². The number of ether oxygens (including phenoxy) is 2. The standard InChI is InChI=1S/C26H26Cl2N2O4/c1-2-33-22-11-6-19(7-12-22)25(31)13-14-26(32)30-29-16-18-3-9-23(10-4-18)34-17-20-5-8-21(27)15-24(20)28/h3-12,15-16,25,31H,2,13-14,17H2,1H3,(H,30,32)/b29-16-/t25-/m1/s1. The van der Waals surface area contributed by atoms with Crippen molar-refractivity contribution in [1.29, 1.82) is 0 Å². The predicted octanol–water partition coefficient (Wildman–Crippen LogP) is 5.94. The van der Waals surface area contributed by atoms with Crippen LogP contribution in [0.25, 0.3) is 0 Å². The van der Waals surface area contributed by atoms with E-state index in [1.165, 1.54) is 0 Å². The number of halogens is 2. The highest BCUT2D eigenvalue weighted by atomic mass is 35.5. The second-order valence-electron chi connectivity index (χ2n) is 7.44. The second-order valence-corrected chi connectivity index (χ2v) is 8.29. The van der Waals surface area contributed by atoms with Crippen molar-refractivity contribution in [3.63, 3.8) is 0 Å². The smallest absolute Gasteiger partial charge is 0.240 e. The van der Waals surface area contributed by atoms with Gasteiger partial charge in [0, 0.05) is 22.0 Å². The van der Waals surface area contributed by atoms with E-state index in [0.717, 1.165) is 22.4 Å². The summed E-state index contributed by atoms with van der Waals surface area (Å²) in [5.41, 5.74) is 4.85. The number of benzene rings is 3. The maximum absolute atomic E-state index is 12.0. The molecule has 0 aromatic heterocycles. The van der Waals surface area contributed by atoms with Crippen molar-refractivity contribution >= 4 is 35.3 Å².